The average molecular weight is 334 g/mol. The van der Waals surface area contributed by atoms with E-state index in [0.717, 1.165) is 13.1 Å². The molecule has 0 aromatic carbocycles. The van der Waals surface area contributed by atoms with Gasteiger partial charge in [-0.3, -0.25) is 15.0 Å². The Morgan fingerprint density at radius 2 is 1.71 bits per heavy atom. The molecule has 1 saturated heterocycles. The van der Waals surface area contributed by atoms with E-state index in [1.807, 2.05) is 27.7 Å². The summed E-state index contributed by atoms with van der Waals surface area (Å²) in [7, 11) is 0. The lowest BCUT2D eigenvalue weighted by Crippen LogP contribution is -2.57. The number of anilines is 1. The molecule has 1 aliphatic rings. The molecule has 1 aliphatic heterocycles. The number of rotatable bonds is 3. The first kappa shape index (κ1) is 18.1. The third-order valence-corrected chi connectivity index (χ3v) is 3.80. The van der Waals surface area contributed by atoms with Gasteiger partial charge in [0.15, 0.2) is 0 Å². The van der Waals surface area contributed by atoms with Crippen molar-refractivity contribution in [1.29, 1.82) is 0 Å². The van der Waals surface area contributed by atoms with Gasteiger partial charge in [-0.15, -0.1) is 0 Å². The maximum atomic E-state index is 12.2. The van der Waals surface area contributed by atoms with E-state index in [2.05, 4.69) is 30.4 Å². The summed E-state index contributed by atoms with van der Waals surface area (Å²) < 4.78 is 0. The smallest absolute Gasteiger partial charge is 0.321 e. The van der Waals surface area contributed by atoms with Crippen molar-refractivity contribution in [3.05, 3.63) is 18.5 Å². The van der Waals surface area contributed by atoms with Crippen molar-refractivity contribution in [2.75, 3.05) is 31.1 Å². The first-order valence-electron chi connectivity index (χ1n) is 8.15. The van der Waals surface area contributed by atoms with Gasteiger partial charge in [0.1, 0.15) is 0 Å². The van der Waals surface area contributed by atoms with E-state index in [0.29, 0.717) is 19.0 Å². The molecule has 0 unspecified atom stereocenters. The van der Waals surface area contributed by atoms with E-state index in [1.54, 1.807) is 18.5 Å². The molecule has 1 aromatic heterocycles. The zero-order chi connectivity index (χ0) is 17.7. The van der Waals surface area contributed by atoms with E-state index in [-0.39, 0.29) is 17.5 Å². The molecular weight excluding hydrogens is 308 g/mol. The Bertz CT molecular complexity index is 564. The molecule has 132 valence electrons. The number of carbonyl (C=O) groups is 2. The van der Waals surface area contributed by atoms with Gasteiger partial charge in [-0.05, 0) is 33.8 Å². The predicted molar refractivity (Wildman–Crippen MR) is 91.7 cm³/mol. The van der Waals surface area contributed by atoms with Crippen molar-refractivity contribution in [3.63, 3.8) is 0 Å². The molecule has 3 amide bonds. The minimum Gasteiger partial charge on any atom is -0.338 e. The number of nitrogens with one attached hydrogen (secondary N) is 2. The molecule has 24 heavy (non-hydrogen) atoms. The van der Waals surface area contributed by atoms with Crippen LogP contribution in [0.15, 0.2) is 18.5 Å². The van der Waals surface area contributed by atoms with Crippen LogP contribution in [0.4, 0.5) is 10.7 Å². The van der Waals surface area contributed by atoms with E-state index in [4.69, 9.17) is 0 Å². The van der Waals surface area contributed by atoms with Gasteiger partial charge in [0.25, 0.3) is 0 Å². The summed E-state index contributed by atoms with van der Waals surface area (Å²) in [6.07, 6.45) is 3.44. The highest BCUT2D eigenvalue weighted by atomic mass is 16.2. The summed E-state index contributed by atoms with van der Waals surface area (Å²) in [6, 6.07) is 0.958. The molecule has 8 heteroatoms. The quantitative estimate of drug-likeness (QED) is 0.842. The van der Waals surface area contributed by atoms with Gasteiger partial charge in [-0.2, -0.15) is 0 Å². The molecule has 0 aliphatic carbocycles. The van der Waals surface area contributed by atoms with E-state index < -0.39 is 6.03 Å². The molecule has 0 saturated carbocycles. The van der Waals surface area contributed by atoms with Crippen LogP contribution in [-0.2, 0) is 4.79 Å². The fourth-order valence-corrected chi connectivity index (χ4v) is 2.52. The fourth-order valence-electron chi connectivity index (χ4n) is 2.52. The number of piperazine rings is 1. The molecule has 0 spiro atoms. The first-order chi connectivity index (χ1) is 11.3. The third kappa shape index (κ3) is 5.16. The summed E-state index contributed by atoms with van der Waals surface area (Å²) in [5.74, 6) is 0.417. The molecule has 0 bridgehead atoms. The Morgan fingerprint density at radius 1 is 1.12 bits per heavy atom. The summed E-state index contributed by atoms with van der Waals surface area (Å²) in [5, 5.41) is 5.13. The van der Waals surface area contributed by atoms with Crippen molar-refractivity contribution in [3.8, 4) is 0 Å². The minimum absolute atomic E-state index is 0.291. The number of amides is 3. The van der Waals surface area contributed by atoms with Crippen molar-refractivity contribution in [2.45, 2.75) is 39.3 Å². The van der Waals surface area contributed by atoms with Crippen LogP contribution < -0.4 is 15.5 Å². The van der Waals surface area contributed by atoms with E-state index in [1.165, 1.54) is 0 Å². The summed E-state index contributed by atoms with van der Waals surface area (Å²) in [5.41, 5.74) is -0.380. The second-order valence-electron chi connectivity index (χ2n) is 6.94. The normalized spacial score (nSPS) is 17.2. The Balaban J connectivity index is 1.82. The lowest BCUT2D eigenvalue weighted by Gasteiger charge is -2.37. The van der Waals surface area contributed by atoms with E-state index in [9.17, 15) is 9.59 Å². The number of hydrogen-bond acceptors (Lipinski definition) is 6. The number of aromatic nitrogens is 2. The second kappa shape index (κ2) is 7.57. The maximum absolute atomic E-state index is 12.2. The van der Waals surface area contributed by atoms with Crippen LogP contribution >= 0.6 is 0 Å². The van der Waals surface area contributed by atoms with Crippen molar-refractivity contribution in [1.82, 2.24) is 25.5 Å². The van der Waals surface area contributed by atoms with Crippen molar-refractivity contribution >= 4 is 17.9 Å². The standard InChI is InChI=1S/C16H26N6O2/c1-12(13(23)19-15(24)20-16(2,3)4)21-8-10-22(11-9-21)14-17-6-5-7-18-14/h5-7,12H,8-11H2,1-4H3,(H2,19,20,23,24)/t12-/m1/s1. The van der Waals surface area contributed by atoms with Crippen LogP contribution in [0.1, 0.15) is 27.7 Å². The average Bonchev–Trinajstić information content (AvgIpc) is 2.53. The number of hydrogen-bond donors (Lipinski definition) is 2. The van der Waals surface area contributed by atoms with Crippen LogP contribution in [-0.4, -0.2) is 64.6 Å². The largest absolute Gasteiger partial charge is 0.338 e. The van der Waals surface area contributed by atoms with E-state index >= 15 is 0 Å². The Morgan fingerprint density at radius 3 is 2.25 bits per heavy atom. The summed E-state index contributed by atoms with van der Waals surface area (Å²) >= 11 is 0. The zero-order valence-electron chi connectivity index (χ0n) is 14.7. The van der Waals surface area contributed by atoms with Gasteiger partial charge in [0.2, 0.25) is 11.9 Å². The van der Waals surface area contributed by atoms with Gasteiger partial charge in [0.05, 0.1) is 6.04 Å². The molecule has 0 radical (unpaired) electrons. The van der Waals surface area contributed by atoms with Gasteiger partial charge < -0.3 is 10.2 Å². The molecule has 1 aromatic rings. The monoisotopic (exact) mass is 334 g/mol. The Kier molecular flexibility index (Phi) is 5.71. The van der Waals surface area contributed by atoms with Gasteiger partial charge in [0, 0.05) is 44.1 Å². The van der Waals surface area contributed by atoms with Crippen LogP contribution in [0.25, 0.3) is 0 Å². The van der Waals surface area contributed by atoms with Crippen LogP contribution in [0.5, 0.6) is 0 Å². The molecule has 2 rings (SSSR count). The topological polar surface area (TPSA) is 90.5 Å². The lowest BCUT2D eigenvalue weighted by molar-refractivity contribution is -0.124. The number of imide groups is 1. The molecular formula is C16H26N6O2. The zero-order valence-corrected chi connectivity index (χ0v) is 14.7. The van der Waals surface area contributed by atoms with Crippen molar-refractivity contribution < 1.29 is 9.59 Å². The lowest BCUT2D eigenvalue weighted by atomic mass is 10.1. The first-order valence-corrected chi connectivity index (χ1v) is 8.15. The highest BCUT2D eigenvalue weighted by Crippen LogP contribution is 2.11. The van der Waals surface area contributed by atoms with Crippen LogP contribution in [0.3, 0.4) is 0 Å². The molecule has 1 atom stereocenters. The fraction of sp³-hybridized carbons (Fsp3) is 0.625. The number of urea groups is 1. The van der Waals surface area contributed by atoms with Crippen LogP contribution in [0, 0.1) is 0 Å². The summed E-state index contributed by atoms with van der Waals surface area (Å²) in [4.78, 5) is 36.7. The predicted octanol–water partition coefficient (Wildman–Crippen LogP) is 0.611. The van der Waals surface area contributed by atoms with Crippen molar-refractivity contribution in [2.24, 2.45) is 0 Å². The Labute approximate surface area is 142 Å². The SMILES string of the molecule is C[C@H](C(=O)NC(=O)NC(C)(C)C)N1CCN(c2ncccn2)CC1. The summed E-state index contributed by atoms with van der Waals surface area (Å²) in [6.45, 7) is 10.3. The third-order valence-electron chi connectivity index (χ3n) is 3.80. The highest BCUT2D eigenvalue weighted by Gasteiger charge is 2.27. The molecule has 2 heterocycles. The molecule has 2 N–H and O–H groups in total. The molecule has 1 fully saturated rings. The van der Waals surface area contributed by atoms with Gasteiger partial charge in [-0.25, -0.2) is 14.8 Å². The Hall–Kier alpha value is -2.22. The van der Waals surface area contributed by atoms with Crippen LogP contribution in [0.2, 0.25) is 0 Å². The highest BCUT2D eigenvalue weighted by molar-refractivity contribution is 5.97. The molecule has 8 nitrogen and oxygen atoms in total. The van der Waals surface area contributed by atoms with Gasteiger partial charge >= 0.3 is 6.03 Å². The number of carbonyl (C=O) groups excluding carboxylic acids is 2. The number of nitrogens with zero attached hydrogens (tertiary/aromatic N) is 4. The minimum atomic E-state index is -0.462. The second-order valence-corrected chi connectivity index (χ2v) is 6.94. The van der Waals surface area contributed by atoms with Gasteiger partial charge in [-0.1, -0.05) is 0 Å². The maximum Gasteiger partial charge on any atom is 0.321 e.